The van der Waals surface area contributed by atoms with Crippen molar-refractivity contribution in [3.05, 3.63) is 28.7 Å². The highest BCUT2D eigenvalue weighted by Gasteiger charge is 2.10. The molecule has 5 heteroatoms. The van der Waals surface area contributed by atoms with Gasteiger partial charge in [-0.2, -0.15) is 0 Å². The van der Waals surface area contributed by atoms with Crippen molar-refractivity contribution >= 4 is 26.7 Å². The first kappa shape index (κ1) is 14.8. The molecule has 0 amide bonds. The molecule has 0 fully saturated rings. The fourth-order valence-corrected chi connectivity index (χ4v) is 2.86. The maximum atomic E-state index is 12.0. The van der Waals surface area contributed by atoms with E-state index in [0.29, 0.717) is 18.9 Å². The van der Waals surface area contributed by atoms with Gasteiger partial charge in [0.1, 0.15) is 0 Å². The molecule has 0 radical (unpaired) electrons. The Labute approximate surface area is 113 Å². The Balaban J connectivity index is 2.46. The van der Waals surface area contributed by atoms with Crippen molar-refractivity contribution in [3.8, 4) is 0 Å². The molecule has 2 unspecified atom stereocenters. The van der Waals surface area contributed by atoms with Crippen LogP contribution in [0.25, 0.3) is 0 Å². The second kappa shape index (κ2) is 7.97. The molecule has 0 aliphatic heterocycles. The minimum absolute atomic E-state index is 0.0133. The molecule has 0 aliphatic rings. The Bertz CT molecular complexity index is 356. The minimum Gasteiger partial charge on any atom is -0.377 e. The lowest BCUT2D eigenvalue weighted by atomic mass is 10.3. The Morgan fingerprint density at radius 1 is 1.41 bits per heavy atom. The highest BCUT2D eigenvalue weighted by Crippen LogP contribution is 2.14. The third-order valence-corrected chi connectivity index (χ3v) is 4.30. The minimum atomic E-state index is -0.974. The van der Waals surface area contributed by atoms with Crippen LogP contribution in [0, 0.1) is 0 Å². The third-order valence-electron chi connectivity index (χ3n) is 2.37. The maximum Gasteiger partial charge on any atom is 0.0706 e. The number of ether oxygens (including phenoxy) is 1. The summed E-state index contributed by atoms with van der Waals surface area (Å²) in [6, 6.07) is 7.54. The van der Waals surface area contributed by atoms with Crippen molar-refractivity contribution in [3.63, 3.8) is 0 Å². The monoisotopic (exact) mass is 319 g/mol. The Hall–Kier alpha value is -0.230. The first-order valence-corrected chi connectivity index (χ1v) is 7.74. The summed E-state index contributed by atoms with van der Waals surface area (Å²) in [6.45, 7) is 3.06. The summed E-state index contributed by atoms with van der Waals surface area (Å²) in [5, 5.41) is 0. The smallest absolute Gasteiger partial charge is 0.0706 e. The SMILES string of the molecule is CCOC(CN)CCS(=O)c1ccc(Br)cc1. The second-order valence-electron chi connectivity index (χ2n) is 3.61. The lowest BCUT2D eigenvalue weighted by Gasteiger charge is -2.14. The third kappa shape index (κ3) is 5.29. The van der Waals surface area contributed by atoms with Crippen LogP contribution >= 0.6 is 15.9 Å². The van der Waals surface area contributed by atoms with E-state index in [1.165, 1.54) is 0 Å². The number of hydrogen-bond donors (Lipinski definition) is 1. The average molecular weight is 320 g/mol. The van der Waals surface area contributed by atoms with Crippen molar-refractivity contribution < 1.29 is 8.95 Å². The molecule has 1 aromatic rings. The molecule has 2 atom stereocenters. The lowest BCUT2D eigenvalue weighted by Crippen LogP contribution is -2.25. The number of benzene rings is 1. The molecule has 0 saturated heterocycles. The lowest BCUT2D eigenvalue weighted by molar-refractivity contribution is 0.0672. The van der Waals surface area contributed by atoms with Crippen LogP contribution in [0.3, 0.4) is 0 Å². The van der Waals surface area contributed by atoms with E-state index in [1.807, 2.05) is 31.2 Å². The molecule has 1 rings (SSSR count). The van der Waals surface area contributed by atoms with E-state index < -0.39 is 10.8 Å². The highest BCUT2D eigenvalue weighted by molar-refractivity contribution is 9.10. The van der Waals surface area contributed by atoms with Crippen molar-refractivity contribution in [2.45, 2.75) is 24.3 Å². The van der Waals surface area contributed by atoms with Gasteiger partial charge >= 0.3 is 0 Å². The van der Waals surface area contributed by atoms with Crippen LogP contribution in [-0.2, 0) is 15.5 Å². The summed E-state index contributed by atoms with van der Waals surface area (Å²) >= 11 is 3.35. The summed E-state index contributed by atoms with van der Waals surface area (Å²) in [5.41, 5.74) is 5.57. The molecule has 2 N–H and O–H groups in total. The quantitative estimate of drug-likeness (QED) is 0.839. The fourth-order valence-electron chi connectivity index (χ4n) is 1.45. The Morgan fingerprint density at radius 2 is 2.06 bits per heavy atom. The van der Waals surface area contributed by atoms with E-state index in [9.17, 15) is 4.21 Å². The Morgan fingerprint density at radius 3 is 2.59 bits per heavy atom. The fraction of sp³-hybridized carbons (Fsp3) is 0.500. The molecular formula is C12H18BrNO2S. The van der Waals surface area contributed by atoms with Gasteiger partial charge in [-0.1, -0.05) is 15.9 Å². The molecule has 0 heterocycles. The number of hydrogen-bond acceptors (Lipinski definition) is 3. The number of rotatable bonds is 7. The Kier molecular flexibility index (Phi) is 6.96. The van der Waals surface area contributed by atoms with Crippen LogP contribution < -0.4 is 5.73 Å². The van der Waals surface area contributed by atoms with Crippen LogP contribution in [0.4, 0.5) is 0 Å². The summed E-state index contributed by atoms with van der Waals surface area (Å²) < 4.78 is 18.4. The van der Waals surface area contributed by atoms with E-state index in [-0.39, 0.29) is 6.10 Å². The molecule has 0 saturated carbocycles. The molecule has 0 aliphatic carbocycles. The molecule has 0 bridgehead atoms. The zero-order valence-corrected chi connectivity index (χ0v) is 12.3. The number of nitrogens with two attached hydrogens (primary N) is 1. The molecule has 0 spiro atoms. The molecule has 96 valence electrons. The van der Waals surface area contributed by atoms with Crippen LogP contribution in [0.15, 0.2) is 33.6 Å². The van der Waals surface area contributed by atoms with Gasteiger partial charge in [0.2, 0.25) is 0 Å². The standard InChI is InChI=1S/C12H18BrNO2S/c1-2-16-11(9-14)7-8-17(15)12-5-3-10(13)4-6-12/h3-6,11H,2,7-9,14H2,1H3. The van der Waals surface area contributed by atoms with Crippen molar-refractivity contribution in [1.29, 1.82) is 0 Å². The molecular weight excluding hydrogens is 302 g/mol. The first-order chi connectivity index (χ1) is 8.17. The molecule has 1 aromatic carbocycles. The van der Waals surface area contributed by atoms with Gasteiger partial charge in [0.15, 0.2) is 0 Å². The summed E-state index contributed by atoms with van der Waals surface area (Å²) in [6.07, 6.45) is 0.743. The summed E-state index contributed by atoms with van der Waals surface area (Å²) in [5.74, 6) is 0.587. The first-order valence-electron chi connectivity index (χ1n) is 5.63. The van der Waals surface area contributed by atoms with Crippen LogP contribution in [-0.4, -0.2) is 29.2 Å². The van der Waals surface area contributed by atoms with Crippen LogP contribution in [0.2, 0.25) is 0 Å². The van der Waals surface area contributed by atoms with E-state index in [1.54, 1.807) is 0 Å². The molecule has 0 aromatic heterocycles. The largest absolute Gasteiger partial charge is 0.377 e. The van der Waals surface area contributed by atoms with Crippen molar-refractivity contribution in [2.75, 3.05) is 18.9 Å². The van der Waals surface area contributed by atoms with Crippen molar-refractivity contribution in [1.82, 2.24) is 0 Å². The predicted molar refractivity (Wildman–Crippen MR) is 74.5 cm³/mol. The molecule has 3 nitrogen and oxygen atoms in total. The van der Waals surface area contributed by atoms with E-state index in [2.05, 4.69) is 15.9 Å². The number of halogens is 1. The van der Waals surface area contributed by atoms with Gasteiger partial charge in [0, 0.05) is 28.3 Å². The van der Waals surface area contributed by atoms with Gasteiger partial charge in [-0.3, -0.25) is 4.21 Å². The van der Waals surface area contributed by atoms with E-state index >= 15 is 0 Å². The molecule has 17 heavy (non-hydrogen) atoms. The predicted octanol–water partition coefficient (Wildman–Crippen LogP) is 2.31. The van der Waals surface area contributed by atoms with Gasteiger partial charge < -0.3 is 10.5 Å². The van der Waals surface area contributed by atoms with E-state index in [0.717, 1.165) is 15.8 Å². The van der Waals surface area contributed by atoms with Crippen molar-refractivity contribution in [2.24, 2.45) is 5.73 Å². The summed E-state index contributed by atoms with van der Waals surface area (Å²) in [7, 11) is -0.974. The van der Waals surface area contributed by atoms with Gasteiger partial charge in [-0.05, 0) is 37.6 Å². The topological polar surface area (TPSA) is 52.3 Å². The van der Waals surface area contributed by atoms with Crippen LogP contribution in [0.1, 0.15) is 13.3 Å². The zero-order valence-electron chi connectivity index (χ0n) is 9.90. The van der Waals surface area contributed by atoms with Gasteiger partial charge in [0.25, 0.3) is 0 Å². The normalized spacial score (nSPS) is 14.5. The average Bonchev–Trinajstić information content (AvgIpc) is 2.35. The zero-order chi connectivity index (χ0) is 12.7. The highest BCUT2D eigenvalue weighted by atomic mass is 79.9. The van der Waals surface area contributed by atoms with Gasteiger partial charge in [-0.25, -0.2) is 0 Å². The van der Waals surface area contributed by atoms with Crippen LogP contribution in [0.5, 0.6) is 0 Å². The van der Waals surface area contributed by atoms with Gasteiger partial charge in [0.05, 0.1) is 16.9 Å². The maximum absolute atomic E-state index is 12.0. The second-order valence-corrected chi connectivity index (χ2v) is 6.09. The van der Waals surface area contributed by atoms with E-state index in [4.69, 9.17) is 10.5 Å². The van der Waals surface area contributed by atoms with Gasteiger partial charge in [-0.15, -0.1) is 0 Å². The summed E-state index contributed by atoms with van der Waals surface area (Å²) in [4.78, 5) is 0.848.